The number of nitrogens with one attached hydrogen (secondary N) is 2. The molecule has 0 unspecified atom stereocenters. The smallest absolute Gasteiger partial charge is 0.272 e. The normalized spacial score (nSPS) is 15.5. The molecule has 0 bridgehead atoms. The van der Waals surface area contributed by atoms with Crippen molar-refractivity contribution in [3.8, 4) is 0 Å². The molecule has 0 aliphatic carbocycles. The fourth-order valence-corrected chi connectivity index (χ4v) is 2.54. The molecule has 2 N–H and O–H groups in total. The third kappa shape index (κ3) is 4.51. The molecule has 120 valence electrons. The first-order chi connectivity index (χ1) is 10.6. The molecule has 1 saturated heterocycles. The predicted molar refractivity (Wildman–Crippen MR) is 84.1 cm³/mol. The van der Waals surface area contributed by atoms with Gasteiger partial charge in [0.25, 0.3) is 11.6 Å². The number of rotatable bonds is 6. The number of benzene rings is 1. The van der Waals surface area contributed by atoms with Crippen molar-refractivity contribution in [2.45, 2.75) is 13.3 Å². The quantitative estimate of drug-likeness (QED) is 0.464. The maximum absolute atomic E-state index is 12.0. The van der Waals surface area contributed by atoms with Gasteiger partial charge < -0.3 is 15.5 Å². The van der Waals surface area contributed by atoms with E-state index in [9.17, 15) is 14.9 Å². The summed E-state index contributed by atoms with van der Waals surface area (Å²) < 4.78 is 0. The summed E-state index contributed by atoms with van der Waals surface area (Å²) >= 11 is 0. The number of carbonyl (C=O) groups excluding carboxylic acids is 1. The van der Waals surface area contributed by atoms with E-state index in [4.69, 9.17) is 0 Å². The van der Waals surface area contributed by atoms with Gasteiger partial charge in [-0.1, -0.05) is 0 Å². The van der Waals surface area contributed by atoms with Crippen molar-refractivity contribution in [2.24, 2.45) is 0 Å². The van der Waals surface area contributed by atoms with Crippen LogP contribution in [0.3, 0.4) is 0 Å². The van der Waals surface area contributed by atoms with Crippen LogP contribution in [0.25, 0.3) is 0 Å². The molecule has 22 heavy (non-hydrogen) atoms. The molecule has 0 atom stereocenters. The number of hydrogen-bond acceptors (Lipinski definition) is 5. The van der Waals surface area contributed by atoms with Crippen LogP contribution in [0, 0.1) is 17.0 Å². The van der Waals surface area contributed by atoms with Crippen LogP contribution >= 0.6 is 0 Å². The van der Waals surface area contributed by atoms with Crippen molar-refractivity contribution in [3.63, 3.8) is 0 Å². The van der Waals surface area contributed by atoms with E-state index in [1.54, 1.807) is 13.0 Å². The van der Waals surface area contributed by atoms with Gasteiger partial charge in [0.1, 0.15) is 0 Å². The van der Waals surface area contributed by atoms with Gasteiger partial charge in [-0.25, -0.2) is 0 Å². The summed E-state index contributed by atoms with van der Waals surface area (Å²) in [6, 6.07) is 4.44. The van der Waals surface area contributed by atoms with Gasteiger partial charge in [0.05, 0.1) is 4.92 Å². The van der Waals surface area contributed by atoms with Crippen molar-refractivity contribution in [1.29, 1.82) is 0 Å². The molecule has 1 aromatic rings. The molecule has 0 saturated carbocycles. The van der Waals surface area contributed by atoms with E-state index in [1.807, 2.05) is 0 Å². The van der Waals surface area contributed by atoms with Gasteiger partial charge in [-0.15, -0.1) is 0 Å². The lowest BCUT2D eigenvalue weighted by Crippen LogP contribution is -2.44. The van der Waals surface area contributed by atoms with Crippen molar-refractivity contribution in [1.82, 2.24) is 15.5 Å². The molecule has 1 fully saturated rings. The lowest BCUT2D eigenvalue weighted by atomic mass is 10.1. The monoisotopic (exact) mass is 306 g/mol. The van der Waals surface area contributed by atoms with Crippen LogP contribution in [-0.4, -0.2) is 55.0 Å². The lowest BCUT2D eigenvalue weighted by Gasteiger charge is -2.27. The van der Waals surface area contributed by atoms with Gasteiger partial charge in [0.15, 0.2) is 0 Å². The fourth-order valence-electron chi connectivity index (χ4n) is 2.54. The van der Waals surface area contributed by atoms with Gasteiger partial charge in [-0.05, 0) is 32.0 Å². The topological polar surface area (TPSA) is 87.5 Å². The Kier molecular flexibility index (Phi) is 5.85. The first-order valence-electron chi connectivity index (χ1n) is 7.54. The first-order valence-corrected chi connectivity index (χ1v) is 7.54. The molecule has 1 aliphatic rings. The lowest BCUT2D eigenvalue weighted by molar-refractivity contribution is -0.385. The number of piperazine rings is 1. The number of hydrogen-bond donors (Lipinski definition) is 2. The number of aryl methyl sites for hydroxylation is 1. The minimum atomic E-state index is -0.440. The molecule has 0 aromatic heterocycles. The Morgan fingerprint density at radius 3 is 2.77 bits per heavy atom. The van der Waals surface area contributed by atoms with Crippen LogP contribution in [-0.2, 0) is 0 Å². The van der Waals surface area contributed by atoms with E-state index in [2.05, 4.69) is 15.5 Å². The Bertz CT molecular complexity index is 542. The summed E-state index contributed by atoms with van der Waals surface area (Å²) in [5.41, 5.74) is 0.999. The molecular formula is C15H22N4O3. The summed E-state index contributed by atoms with van der Waals surface area (Å²) in [7, 11) is 0. The number of nitrogens with zero attached hydrogens (tertiary/aromatic N) is 2. The molecule has 2 rings (SSSR count). The maximum Gasteiger partial charge on any atom is 0.272 e. The highest BCUT2D eigenvalue weighted by Gasteiger charge is 2.14. The van der Waals surface area contributed by atoms with Crippen molar-refractivity contribution >= 4 is 11.6 Å². The average molecular weight is 306 g/mol. The Hall–Kier alpha value is -1.99. The van der Waals surface area contributed by atoms with Crippen LogP contribution in [0.1, 0.15) is 22.3 Å². The Balaban J connectivity index is 1.77. The summed E-state index contributed by atoms with van der Waals surface area (Å²) in [6.45, 7) is 7.37. The molecule has 7 heteroatoms. The molecule has 0 spiro atoms. The van der Waals surface area contributed by atoms with Crippen LogP contribution in [0.15, 0.2) is 18.2 Å². The number of carbonyl (C=O) groups is 1. The van der Waals surface area contributed by atoms with E-state index in [0.29, 0.717) is 17.7 Å². The van der Waals surface area contributed by atoms with E-state index in [1.165, 1.54) is 12.1 Å². The Labute approximate surface area is 129 Å². The second-order valence-corrected chi connectivity index (χ2v) is 5.46. The van der Waals surface area contributed by atoms with Crippen molar-refractivity contribution in [2.75, 3.05) is 39.3 Å². The zero-order valence-corrected chi connectivity index (χ0v) is 12.8. The van der Waals surface area contributed by atoms with Gasteiger partial charge >= 0.3 is 0 Å². The van der Waals surface area contributed by atoms with E-state index in [-0.39, 0.29) is 11.6 Å². The van der Waals surface area contributed by atoms with Crippen molar-refractivity contribution in [3.05, 3.63) is 39.4 Å². The number of amides is 1. The van der Waals surface area contributed by atoms with E-state index < -0.39 is 4.92 Å². The van der Waals surface area contributed by atoms with Gasteiger partial charge in [-0.3, -0.25) is 14.9 Å². The highest BCUT2D eigenvalue weighted by Crippen LogP contribution is 2.18. The summed E-state index contributed by atoms with van der Waals surface area (Å²) in [6.07, 6.45) is 0.900. The zero-order chi connectivity index (χ0) is 15.9. The maximum atomic E-state index is 12.0. The number of nitro groups is 1. The minimum Gasteiger partial charge on any atom is -0.352 e. The second kappa shape index (κ2) is 7.86. The first kappa shape index (κ1) is 16.4. The predicted octanol–water partition coefficient (Wildman–Crippen LogP) is 0.928. The second-order valence-electron chi connectivity index (χ2n) is 5.46. The highest BCUT2D eigenvalue weighted by atomic mass is 16.6. The SMILES string of the molecule is Cc1cc(C(=O)NCCCN2CCNCC2)ccc1[N+](=O)[O-]. The Morgan fingerprint density at radius 2 is 2.14 bits per heavy atom. The van der Waals surface area contributed by atoms with Crippen LogP contribution in [0.5, 0.6) is 0 Å². The van der Waals surface area contributed by atoms with Gasteiger partial charge in [0, 0.05) is 49.9 Å². The van der Waals surface area contributed by atoms with Crippen LogP contribution in [0.4, 0.5) is 5.69 Å². The standard InChI is InChI=1S/C15H22N4O3/c1-12-11-13(3-4-14(12)19(21)22)15(20)17-5-2-8-18-9-6-16-7-10-18/h3-4,11,16H,2,5-10H2,1H3,(H,17,20). The molecule has 1 heterocycles. The number of nitro benzene ring substituents is 1. The van der Waals surface area contributed by atoms with E-state index in [0.717, 1.165) is 39.1 Å². The molecular weight excluding hydrogens is 284 g/mol. The third-order valence-corrected chi connectivity index (χ3v) is 3.80. The van der Waals surface area contributed by atoms with Gasteiger partial charge in [-0.2, -0.15) is 0 Å². The highest BCUT2D eigenvalue weighted by molar-refractivity contribution is 5.94. The largest absolute Gasteiger partial charge is 0.352 e. The molecule has 0 radical (unpaired) electrons. The fraction of sp³-hybridized carbons (Fsp3) is 0.533. The molecule has 1 aliphatic heterocycles. The molecule has 7 nitrogen and oxygen atoms in total. The zero-order valence-electron chi connectivity index (χ0n) is 12.8. The van der Waals surface area contributed by atoms with Crippen LogP contribution < -0.4 is 10.6 Å². The van der Waals surface area contributed by atoms with E-state index >= 15 is 0 Å². The average Bonchev–Trinajstić information content (AvgIpc) is 2.52. The van der Waals surface area contributed by atoms with Gasteiger partial charge in [0.2, 0.25) is 0 Å². The third-order valence-electron chi connectivity index (χ3n) is 3.80. The van der Waals surface area contributed by atoms with Crippen molar-refractivity contribution < 1.29 is 9.72 Å². The minimum absolute atomic E-state index is 0.0373. The molecule has 1 aromatic carbocycles. The van der Waals surface area contributed by atoms with Crippen LogP contribution in [0.2, 0.25) is 0 Å². The molecule has 1 amide bonds. The summed E-state index contributed by atoms with van der Waals surface area (Å²) in [5, 5.41) is 16.9. The summed E-state index contributed by atoms with van der Waals surface area (Å²) in [5.74, 6) is -0.182. The Morgan fingerprint density at radius 1 is 1.41 bits per heavy atom. The summed E-state index contributed by atoms with van der Waals surface area (Å²) in [4.78, 5) is 24.7.